The average Bonchev–Trinajstić information content (AvgIpc) is 2.79. The zero-order chi connectivity index (χ0) is 14.5. The minimum absolute atomic E-state index is 0. The fourth-order valence-electron chi connectivity index (χ4n) is 1.51. The molecule has 0 fully saturated rings. The van der Waals surface area contributed by atoms with Gasteiger partial charge >= 0.3 is 0 Å². The summed E-state index contributed by atoms with van der Waals surface area (Å²) < 4.78 is 0.359. The quantitative estimate of drug-likeness (QED) is 0.803. The van der Waals surface area contributed by atoms with E-state index in [0.29, 0.717) is 28.0 Å². The lowest BCUT2D eigenvalue weighted by Gasteiger charge is -2.04. The Hall–Kier alpha value is -0.630. The lowest BCUT2D eigenvalue weighted by atomic mass is 10.3. The van der Waals surface area contributed by atoms with E-state index in [1.807, 2.05) is 0 Å². The van der Waals surface area contributed by atoms with Gasteiger partial charge in [0.1, 0.15) is 4.34 Å². The molecule has 0 spiro atoms. The summed E-state index contributed by atoms with van der Waals surface area (Å²) in [6, 6.07) is 3.44. The Kier molecular flexibility index (Phi) is 9.91. The summed E-state index contributed by atoms with van der Waals surface area (Å²) in [6.45, 7) is 0.688. The van der Waals surface area contributed by atoms with Gasteiger partial charge in [-0.2, -0.15) is 0 Å². The smallest absolute Gasteiger partial charge is 0.272 e. The van der Waals surface area contributed by atoms with Gasteiger partial charge in [0, 0.05) is 12.6 Å². The average molecular weight is 404 g/mol. The molecule has 122 valence electrons. The molecule has 5 nitrogen and oxygen atoms in total. The Bertz CT molecular complexity index is 623. The van der Waals surface area contributed by atoms with Crippen molar-refractivity contribution in [3.8, 4) is 0 Å². The van der Waals surface area contributed by atoms with Crippen LogP contribution in [0.15, 0.2) is 18.3 Å². The third kappa shape index (κ3) is 5.53. The Morgan fingerprint density at radius 1 is 1.36 bits per heavy atom. The molecular formula is C12H14Cl4N4OS. The summed E-state index contributed by atoms with van der Waals surface area (Å²) in [5, 5.41) is 3.94. The van der Waals surface area contributed by atoms with Crippen LogP contribution in [0.4, 0.5) is 0 Å². The number of nitrogens with two attached hydrogens (primary N) is 1. The Labute approximate surface area is 154 Å². The fourth-order valence-corrected chi connectivity index (χ4v) is 2.89. The molecule has 2 aromatic heterocycles. The Morgan fingerprint density at radius 2 is 2.09 bits per heavy atom. The topological polar surface area (TPSA) is 80.9 Å². The molecule has 2 rings (SSSR count). The van der Waals surface area contributed by atoms with E-state index in [9.17, 15) is 4.79 Å². The van der Waals surface area contributed by atoms with Crippen molar-refractivity contribution in [3.63, 3.8) is 0 Å². The SMILES string of the molecule is Cl.Cl.NCCc1nc(C(=O)NCc2ncccc2Cl)c(Cl)s1. The van der Waals surface area contributed by atoms with E-state index in [4.69, 9.17) is 28.9 Å². The molecule has 2 aromatic rings. The maximum atomic E-state index is 12.0. The normalized spacial score (nSPS) is 9.59. The van der Waals surface area contributed by atoms with Crippen molar-refractivity contribution in [3.05, 3.63) is 44.1 Å². The molecule has 0 aliphatic heterocycles. The molecule has 0 atom stereocenters. The van der Waals surface area contributed by atoms with Gasteiger partial charge in [0.05, 0.1) is 22.3 Å². The van der Waals surface area contributed by atoms with Crippen molar-refractivity contribution in [1.29, 1.82) is 0 Å². The predicted octanol–water partition coefficient (Wildman–Crippen LogP) is 3.12. The lowest BCUT2D eigenvalue weighted by Crippen LogP contribution is -2.24. The van der Waals surface area contributed by atoms with E-state index in [1.54, 1.807) is 18.3 Å². The van der Waals surface area contributed by atoms with Gasteiger partial charge in [-0.05, 0) is 18.7 Å². The molecule has 0 saturated heterocycles. The Morgan fingerprint density at radius 3 is 2.73 bits per heavy atom. The van der Waals surface area contributed by atoms with Gasteiger partial charge in [-0.3, -0.25) is 9.78 Å². The number of nitrogens with one attached hydrogen (secondary N) is 1. The van der Waals surface area contributed by atoms with Crippen LogP contribution in [0.3, 0.4) is 0 Å². The molecule has 0 unspecified atom stereocenters. The van der Waals surface area contributed by atoms with Crippen molar-refractivity contribution in [2.45, 2.75) is 13.0 Å². The van der Waals surface area contributed by atoms with Crippen LogP contribution in [0.1, 0.15) is 21.2 Å². The summed E-state index contributed by atoms with van der Waals surface area (Å²) in [6.07, 6.45) is 2.21. The number of thiazole rings is 1. The first-order chi connectivity index (χ1) is 9.61. The molecule has 3 N–H and O–H groups in total. The van der Waals surface area contributed by atoms with E-state index in [1.165, 1.54) is 11.3 Å². The van der Waals surface area contributed by atoms with Crippen LogP contribution in [0.25, 0.3) is 0 Å². The first-order valence-corrected chi connectivity index (χ1v) is 7.42. The third-order valence-corrected chi connectivity index (χ3v) is 4.11. The summed E-state index contributed by atoms with van der Waals surface area (Å²) in [5.41, 5.74) is 6.26. The van der Waals surface area contributed by atoms with Crippen LogP contribution in [0.2, 0.25) is 9.36 Å². The fraction of sp³-hybridized carbons (Fsp3) is 0.250. The zero-order valence-corrected chi connectivity index (χ0v) is 15.2. The summed E-state index contributed by atoms with van der Waals surface area (Å²) >= 11 is 13.2. The number of aromatic nitrogens is 2. The van der Waals surface area contributed by atoms with Crippen LogP contribution in [-0.2, 0) is 13.0 Å². The number of hydrogen-bond donors (Lipinski definition) is 2. The van der Waals surface area contributed by atoms with E-state index in [0.717, 1.165) is 5.01 Å². The minimum Gasteiger partial charge on any atom is -0.345 e. The second-order valence-corrected chi connectivity index (χ2v) is 5.98. The van der Waals surface area contributed by atoms with Crippen LogP contribution in [-0.4, -0.2) is 22.4 Å². The number of halogens is 4. The highest BCUT2D eigenvalue weighted by Crippen LogP contribution is 2.24. The number of nitrogens with zero attached hydrogens (tertiary/aromatic N) is 2. The molecule has 10 heteroatoms. The van der Waals surface area contributed by atoms with Crippen LogP contribution >= 0.6 is 59.4 Å². The zero-order valence-electron chi connectivity index (χ0n) is 11.2. The standard InChI is InChI=1S/C12H12Cl2N4OS.2ClH/c13-7-2-1-5-16-8(7)6-17-12(19)10-11(14)20-9(18-10)3-4-15;;/h1-2,5H,3-4,6,15H2,(H,17,19);2*1H. The van der Waals surface area contributed by atoms with Gasteiger partial charge in [0.25, 0.3) is 5.91 Å². The highest BCUT2D eigenvalue weighted by atomic mass is 35.5. The van der Waals surface area contributed by atoms with Crippen molar-refractivity contribution >= 4 is 65.3 Å². The van der Waals surface area contributed by atoms with Crippen molar-refractivity contribution in [2.24, 2.45) is 5.73 Å². The highest BCUT2D eigenvalue weighted by molar-refractivity contribution is 7.16. The van der Waals surface area contributed by atoms with E-state index in [2.05, 4.69) is 15.3 Å². The minimum atomic E-state index is -0.351. The van der Waals surface area contributed by atoms with Crippen molar-refractivity contribution in [1.82, 2.24) is 15.3 Å². The molecule has 0 aliphatic rings. The van der Waals surface area contributed by atoms with Gasteiger partial charge in [0.2, 0.25) is 0 Å². The molecule has 2 heterocycles. The second kappa shape index (κ2) is 10.2. The van der Waals surface area contributed by atoms with Gasteiger partial charge in [-0.15, -0.1) is 36.2 Å². The number of carbonyl (C=O) groups excluding carboxylic acids is 1. The van der Waals surface area contributed by atoms with Gasteiger partial charge in [-0.1, -0.05) is 23.2 Å². The van der Waals surface area contributed by atoms with Crippen LogP contribution in [0, 0.1) is 0 Å². The predicted molar refractivity (Wildman–Crippen MR) is 94.8 cm³/mol. The van der Waals surface area contributed by atoms with Crippen molar-refractivity contribution in [2.75, 3.05) is 6.54 Å². The molecular weight excluding hydrogens is 390 g/mol. The Balaban J connectivity index is 0.00000220. The third-order valence-electron chi connectivity index (χ3n) is 2.45. The molecule has 1 amide bonds. The first kappa shape index (κ1) is 21.4. The van der Waals surface area contributed by atoms with E-state index < -0.39 is 0 Å². The largest absolute Gasteiger partial charge is 0.345 e. The first-order valence-electron chi connectivity index (χ1n) is 5.84. The second-order valence-electron chi connectivity index (χ2n) is 3.88. The van der Waals surface area contributed by atoms with Crippen molar-refractivity contribution < 1.29 is 4.79 Å². The monoisotopic (exact) mass is 402 g/mol. The van der Waals surface area contributed by atoms with Gasteiger partial charge < -0.3 is 11.1 Å². The van der Waals surface area contributed by atoms with Gasteiger partial charge in [0.15, 0.2) is 5.69 Å². The number of amides is 1. The maximum absolute atomic E-state index is 12.0. The van der Waals surface area contributed by atoms with Gasteiger partial charge in [-0.25, -0.2) is 4.98 Å². The summed E-state index contributed by atoms with van der Waals surface area (Å²) in [5.74, 6) is -0.351. The highest BCUT2D eigenvalue weighted by Gasteiger charge is 2.16. The van der Waals surface area contributed by atoms with Crippen LogP contribution in [0.5, 0.6) is 0 Å². The molecule has 0 saturated carbocycles. The number of pyridine rings is 1. The number of hydrogen-bond acceptors (Lipinski definition) is 5. The summed E-state index contributed by atoms with van der Waals surface area (Å²) in [4.78, 5) is 20.3. The molecule has 0 aliphatic carbocycles. The van der Waals surface area contributed by atoms with Crippen LogP contribution < -0.4 is 11.1 Å². The lowest BCUT2D eigenvalue weighted by molar-refractivity contribution is 0.0946. The molecule has 0 radical (unpaired) electrons. The molecule has 0 bridgehead atoms. The van der Waals surface area contributed by atoms with E-state index in [-0.39, 0.29) is 43.0 Å². The summed E-state index contributed by atoms with van der Waals surface area (Å²) in [7, 11) is 0. The molecule has 0 aromatic carbocycles. The van der Waals surface area contributed by atoms with E-state index >= 15 is 0 Å². The number of rotatable bonds is 5. The number of carbonyl (C=O) groups is 1. The maximum Gasteiger partial charge on any atom is 0.272 e. The molecule has 22 heavy (non-hydrogen) atoms.